The molecule has 0 saturated heterocycles. The SMILES string of the molecule is O=C(O)CC(CNc1cc(=O)n(-c2c(Cl)cccc2Cl)nc1Br)c1ccc(Cl)cc1. The van der Waals surface area contributed by atoms with Gasteiger partial charge < -0.3 is 10.4 Å². The van der Waals surface area contributed by atoms with Gasteiger partial charge in [-0.05, 0) is 45.8 Å². The molecule has 6 nitrogen and oxygen atoms in total. The van der Waals surface area contributed by atoms with Crippen LogP contribution in [0.15, 0.2) is 57.9 Å². The van der Waals surface area contributed by atoms with Gasteiger partial charge in [0.15, 0.2) is 0 Å². The number of carboxylic acids is 1. The van der Waals surface area contributed by atoms with Gasteiger partial charge >= 0.3 is 5.97 Å². The quantitative estimate of drug-likeness (QED) is 0.413. The maximum atomic E-state index is 12.6. The van der Waals surface area contributed by atoms with Crippen molar-refractivity contribution in [2.24, 2.45) is 0 Å². The van der Waals surface area contributed by atoms with Crippen LogP contribution in [-0.2, 0) is 4.79 Å². The summed E-state index contributed by atoms with van der Waals surface area (Å²) in [5, 5.41) is 17.7. The second-order valence-corrected chi connectivity index (χ2v) is 8.40. The predicted octanol–water partition coefficient (Wildman–Crippen LogP) is 5.63. The van der Waals surface area contributed by atoms with Crippen molar-refractivity contribution in [3.8, 4) is 5.69 Å². The van der Waals surface area contributed by atoms with E-state index in [-0.39, 0.29) is 34.6 Å². The normalized spacial score (nSPS) is 11.9. The maximum Gasteiger partial charge on any atom is 0.304 e. The molecule has 10 heteroatoms. The molecule has 3 aromatic rings. The fourth-order valence-electron chi connectivity index (χ4n) is 2.90. The minimum Gasteiger partial charge on any atom is -0.481 e. The monoisotopic (exact) mass is 529 g/mol. The molecule has 0 saturated carbocycles. The highest BCUT2D eigenvalue weighted by Gasteiger charge is 2.18. The van der Waals surface area contributed by atoms with E-state index in [9.17, 15) is 14.7 Å². The first-order valence-corrected chi connectivity index (χ1v) is 10.6. The summed E-state index contributed by atoms with van der Waals surface area (Å²) in [6.45, 7) is 0.268. The van der Waals surface area contributed by atoms with Crippen molar-refractivity contribution in [1.82, 2.24) is 9.78 Å². The minimum absolute atomic E-state index is 0.0913. The van der Waals surface area contributed by atoms with Crippen LogP contribution in [0, 0.1) is 0 Å². The summed E-state index contributed by atoms with van der Waals surface area (Å²) < 4.78 is 1.46. The average molecular weight is 532 g/mol. The Hall–Kier alpha value is -2.06. The Morgan fingerprint density at radius 2 is 1.77 bits per heavy atom. The van der Waals surface area contributed by atoms with E-state index < -0.39 is 11.5 Å². The Morgan fingerprint density at radius 1 is 1.13 bits per heavy atom. The summed E-state index contributed by atoms with van der Waals surface area (Å²) in [6, 6.07) is 13.2. The van der Waals surface area contributed by atoms with E-state index in [4.69, 9.17) is 34.8 Å². The number of halogens is 4. The molecule has 0 radical (unpaired) electrons. The Balaban J connectivity index is 1.87. The molecule has 0 bridgehead atoms. The van der Waals surface area contributed by atoms with Crippen molar-refractivity contribution in [3.05, 3.63) is 84.1 Å². The van der Waals surface area contributed by atoms with Crippen LogP contribution in [0.5, 0.6) is 0 Å². The Morgan fingerprint density at radius 3 is 2.37 bits per heavy atom. The van der Waals surface area contributed by atoms with E-state index in [1.165, 1.54) is 6.07 Å². The van der Waals surface area contributed by atoms with Crippen molar-refractivity contribution in [2.45, 2.75) is 12.3 Å². The summed E-state index contributed by atoms with van der Waals surface area (Å²) in [5.74, 6) is -1.27. The summed E-state index contributed by atoms with van der Waals surface area (Å²) in [4.78, 5) is 23.9. The first-order chi connectivity index (χ1) is 14.3. The fraction of sp³-hybridized carbons (Fsp3) is 0.150. The number of aromatic nitrogens is 2. The molecule has 1 atom stereocenters. The van der Waals surface area contributed by atoms with Gasteiger partial charge in [0.05, 0.1) is 22.2 Å². The number of benzene rings is 2. The van der Waals surface area contributed by atoms with Gasteiger partial charge in [-0.3, -0.25) is 9.59 Å². The second-order valence-electron chi connectivity index (χ2n) is 6.40. The number of nitrogens with one attached hydrogen (secondary N) is 1. The standard InChI is InChI=1S/C20H15BrCl3N3O3/c21-20-16(9-17(28)27(26-20)19-14(23)2-1-3-15(19)24)25-10-12(8-18(29)30)11-4-6-13(22)7-5-11/h1-7,9,12,25H,8,10H2,(H,29,30). The van der Waals surface area contributed by atoms with Crippen LogP contribution in [0.25, 0.3) is 5.69 Å². The Bertz CT molecular complexity index is 1120. The summed E-state index contributed by atoms with van der Waals surface area (Å²) in [6.07, 6.45) is -0.0913. The van der Waals surface area contributed by atoms with Crippen molar-refractivity contribution in [2.75, 3.05) is 11.9 Å². The van der Waals surface area contributed by atoms with Gasteiger partial charge in [-0.1, -0.05) is 53.0 Å². The lowest BCUT2D eigenvalue weighted by atomic mass is 9.95. The Kier molecular flexibility index (Phi) is 7.41. The number of aliphatic carboxylic acids is 1. The van der Waals surface area contributed by atoms with Crippen LogP contribution < -0.4 is 10.9 Å². The molecule has 1 unspecified atom stereocenters. The minimum atomic E-state index is -0.933. The molecule has 0 aliphatic carbocycles. The molecule has 0 aliphatic heterocycles. The van der Waals surface area contributed by atoms with E-state index >= 15 is 0 Å². The summed E-state index contributed by atoms with van der Waals surface area (Å²) in [5.41, 5.74) is 1.07. The lowest BCUT2D eigenvalue weighted by Crippen LogP contribution is -2.24. The summed E-state index contributed by atoms with van der Waals surface area (Å²) in [7, 11) is 0. The van der Waals surface area contributed by atoms with E-state index in [0.29, 0.717) is 15.3 Å². The zero-order chi connectivity index (χ0) is 21.8. The van der Waals surface area contributed by atoms with Gasteiger partial charge in [0.2, 0.25) is 0 Å². The molecule has 0 spiro atoms. The lowest BCUT2D eigenvalue weighted by molar-refractivity contribution is -0.137. The van der Waals surface area contributed by atoms with Crippen molar-refractivity contribution in [3.63, 3.8) is 0 Å². The molecule has 2 aromatic carbocycles. The molecule has 0 aliphatic rings. The van der Waals surface area contributed by atoms with Crippen LogP contribution in [0.4, 0.5) is 5.69 Å². The van der Waals surface area contributed by atoms with E-state index in [1.54, 1.807) is 42.5 Å². The third kappa shape index (κ3) is 5.35. The van der Waals surface area contributed by atoms with E-state index in [2.05, 4.69) is 26.3 Å². The van der Waals surface area contributed by atoms with Crippen LogP contribution in [0.1, 0.15) is 17.9 Å². The van der Waals surface area contributed by atoms with Crippen molar-refractivity contribution in [1.29, 1.82) is 0 Å². The smallest absolute Gasteiger partial charge is 0.304 e. The van der Waals surface area contributed by atoms with Crippen LogP contribution >= 0.6 is 50.7 Å². The maximum absolute atomic E-state index is 12.6. The van der Waals surface area contributed by atoms with Crippen LogP contribution in [-0.4, -0.2) is 27.4 Å². The molecular formula is C20H15BrCl3N3O3. The molecule has 2 N–H and O–H groups in total. The third-order valence-corrected chi connectivity index (χ3v) is 5.79. The van der Waals surface area contributed by atoms with Gasteiger partial charge in [-0.2, -0.15) is 9.78 Å². The molecule has 156 valence electrons. The number of para-hydroxylation sites is 1. The molecule has 3 rings (SSSR count). The number of carbonyl (C=O) groups is 1. The fourth-order valence-corrected chi connectivity index (χ4v) is 3.99. The summed E-state index contributed by atoms with van der Waals surface area (Å²) >= 11 is 21.6. The van der Waals surface area contributed by atoms with Gasteiger partial charge in [-0.15, -0.1) is 0 Å². The number of hydrogen-bond acceptors (Lipinski definition) is 4. The van der Waals surface area contributed by atoms with E-state index in [0.717, 1.165) is 10.2 Å². The number of anilines is 1. The van der Waals surface area contributed by atoms with Gasteiger partial charge in [0.25, 0.3) is 5.56 Å². The van der Waals surface area contributed by atoms with Crippen LogP contribution in [0.2, 0.25) is 15.1 Å². The molecule has 1 heterocycles. The zero-order valence-corrected chi connectivity index (χ0v) is 19.1. The number of nitrogens with zero attached hydrogens (tertiary/aromatic N) is 2. The first-order valence-electron chi connectivity index (χ1n) is 8.71. The molecule has 1 aromatic heterocycles. The number of rotatable bonds is 7. The third-order valence-electron chi connectivity index (χ3n) is 4.34. The highest BCUT2D eigenvalue weighted by atomic mass is 79.9. The zero-order valence-electron chi connectivity index (χ0n) is 15.3. The van der Waals surface area contributed by atoms with Gasteiger partial charge in [-0.25, -0.2) is 0 Å². The van der Waals surface area contributed by atoms with Gasteiger partial charge in [0, 0.05) is 23.6 Å². The average Bonchev–Trinajstić information content (AvgIpc) is 2.68. The molecule has 0 fully saturated rings. The molecular weight excluding hydrogens is 517 g/mol. The van der Waals surface area contributed by atoms with Crippen molar-refractivity contribution >= 4 is 62.4 Å². The number of hydrogen-bond donors (Lipinski definition) is 2. The number of carboxylic acid groups (broad SMARTS) is 1. The Labute approximate surface area is 195 Å². The largest absolute Gasteiger partial charge is 0.481 e. The lowest BCUT2D eigenvalue weighted by Gasteiger charge is -2.18. The van der Waals surface area contributed by atoms with Crippen molar-refractivity contribution < 1.29 is 9.90 Å². The highest BCUT2D eigenvalue weighted by Crippen LogP contribution is 2.29. The topological polar surface area (TPSA) is 84.2 Å². The van der Waals surface area contributed by atoms with Gasteiger partial charge in [0.1, 0.15) is 10.3 Å². The highest BCUT2D eigenvalue weighted by molar-refractivity contribution is 9.10. The molecule has 30 heavy (non-hydrogen) atoms. The molecule has 0 amide bonds. The van der Waals surface area contributed by atoms with E-state index in [1.807, 2.05) is 0 Å². The predicted molar refractivity (Wildman–Crippen MR) is 122 cm³/mol. The first kappa shape index (κ1) is 22.6. The second kappa shape index (κ2) is 9.83. The van der Waals surface area contributed by atoms with Crippen LogP contribution in [0.3, 0.4) is 0 Å².